The number of imidazole rings is 1. The number of nitrogens with zero attached hydrogens (tertiary/aromatic N) is 8. The number of likely N-dealkylation sites (tertiary alicyclic amines) is 1. The van der Waals surface area contributed by atoms with E-state index in [0.29, 0.717) is 12.6 Å². The van der Waals surface area contributed by atoms with Gasteiger partial charge in [-0.1, -0.05) is 49.9 Å². The van der Waals surface area contributed by atoms with E-state index in [1.54, 1.807) is 7.11 Å². The number of nitrogens with one attached hydrogen (secondary N) is 2. The molecule has 0 aliphatic carbocycles. The number of allylic oxidation sites excluding steroid dienone is 1. The molecule has 0 bridgehead atoms. The number of benzene rings is 2. The molecule has 0 amide bonds. The van der Waals surface area contributed by atoms with Crippen molar-refractivity contribution in [3.63, 3.8) is 0 Å². The first-order chi connectivity index (χ1) is 22.0. The Labute approximate surface area is 263 Å². The number of methoxy groups -OCH3 is 1. The van der Waals surface area contributed by atoms with Gasteiger partial charge < -0.3 is 19.5 Å². The second kappa shape index (κ2) is 12.4. The Hall–Kier alpha value is -4.61. The molecule has 11 heteroatoms. The second-order valence-electron chi connectivity index (χ2n) is 12.2. The zero-order valence-electron chi connectivity index (χ0n) is 26.2. The van der Waals surface area contributed by atoms with Crippen LogP contribution in [0.1, 0.15) is 43.1 Å². The molecule has 0 radical (unpaired) electrons. The number of hydrogen-bond donors (Lipinski definition) is 2. The van der Waals surface area contributed by atoms with E-state index < -0.39 is 0 Å². The predicted molar refractivity (Wildman–Crippen MR) is 177 cm³/mol. The van der Waals surface area contributed by atoms with Crippen molar-refractivity contribution in [2.75, 3.05) is 38.7 Å². The van der Waals surface area contributed by atoms with Crippen molar-refractivity contribution in [3.05, 3.63) is 84.0 Å². The summed E-state index contributed by atoms with van der Waals surface area (Å²) in [5, 5.41) is 17.2. The van der Waals surface area contributed by atoms with Gasteiger partial charge in [0.25, 0.3) is 0 Å². The molecule has 0 spiro atoms. The third-order valence-electron chi connectivity index (χ3n) is 8.91. The number of anilines is 1. The number of piperidine rings is 1. The Kier molecular flexibility index (Phi) is 8.03. The van der Waals surface area contributed by atoms with Gasteiger partial charge in [0.05, 0.1) is 23.4 Å². The molecule has 1 fully saturated rings. The van der Waals surface area contributed by atoms with Gasteiger partial charge in [0.2, 0.25) is 5.65 Å². The lowest BCUT2D eigenvalue weighted by Crippen LogP contribution is -2.40. The molecular weight excluding hydrogens is 564 g/mol. The van der Waals surface area contributed by atoms with Crippen molar-refractivity contribution in [2.45, 2.75) is 45.7 Å². The van der Waals surface area contributed by atoms with E-state index in [1.807, 2.05) is 23.6 Å². The number of aryl methyl sites for hydroxylation is 1. The van der Waals surface area contributed by atoms with E-state index >= 15 is 0 Å². The summed E-state index contributed by atoms with van der Waals surface area (Å²) in [6.07, 6.45) is 4.91. The van der Waals surface area contributed by atoms with Crippen LogP contribution in [0.25, 0.3) is 28.2 Å². The monoisotopic (exact) mass is 604 g/mol. The molecule has 2 N–H and O–H groups in total. The van der Waals surface area contributed by atoms with Crippen molar-refractivity contribution in [3.8, 4) is 11.5 Å². The highest BCUT2D eigenvalue weighted by molar-refractivity contribution is 6.04. The topological polar surface area (TPSA) is 110 Å². The van der Waals surface area contributed by atoms with Gasteiger partial charge >= 0.3 is 0 Å². The molecular formula is C34H40N10O. The molecule has 5 heterocycles. The molecule has 5 aromatic rings. The molecule has 1 saturated heterocycles. The smallest absolute Gasteiger partial charge is 0.203 e. The minimum atomic E-state index is 0.267. The fraction of sp³-hybridized carbons (Fsp3) is 0.382. The van der Waals surface area contributed by atoms with Gasteiger partial charge in [-0.3, -0.25) is 9.83 Å². The van der Waals surface area contributed by atoms with Crippen molar-refractivity contribution in [1.29, 1.82) is 0 Å². The first-order valence-electron chi connectivity index (χ1n) is 15.7. The highest BCUT2D eigenvalue weighted by Crippen LogP contribution is 2.30. The van der Waals surface area contributed by atoms with E-state index in [2.05, 4.69) is 91.5 Å². The number of fused-ring (bicyclic) bond motifs is 2. The number of hydrogen-bond acceptors (Lipinski definition) is 9. The summed E-state index contributed by atoms with van der Waals surface area (Å²) in [7, 11) is 1.76. The van der Waals surface area contributed by atoms with Gasteiger partial charge in [0.15, 0.2) is 11.6 Å². The van der Waals surface area contributed by atoms with Crippen LogP contribution in [0.5, 0.6) is 0 Å². The normalized spacial score (nSPS) is 18.0. The minimum absolute atomic E-state index is 0.267. The lowest BCUT2D eigenvalue weighted by Gasteiger charge is -2.32. The quantitative estimate of drug-likeness (QED) is 0.245. The van der Waals surface area contributed by atoms with Crippen LogP contribution in [0.3, 0.4) is 0 Å². The molecule has 45 heavy (non-hydrogen) atoms. The largest absolute Gasteiger partial charge is 0.383 e. The van der Waals surface area contributed by atoms with Crippen LogP contribution < -0.4 is 10.7 Å². The zero-order chi connectivity index (χ0) is 30.9. The number of ether oxygens (including phenoxy) is 1. The highest BCUT2D eigenvalue weighted by Gasteiger charge is 2.24. The van der Waals surface area contributed by atoms with Gasteiger partial charge in [-0.25, -0.2) is 9.97 Å². The van der Waals surface area contributed by atoms with Gasteiger partial charge in [0, 0.05) is 62.7 Å². The van der Waals surface area contributed by atoms with Crippen LogP contribution in [-0.4, -0.2) is 79.1 Å². The first-order valence-corrected chi connectivity index (χ1v) is 15.7. The standard InChI is InChI=1S/C34H40N10O/c1-22-18-23(2)38-40-31(22)26-10-11-30-28(19-26)37-33(44(30)20-25-8-6-5-7-9-25)29-21-43-24(3)39-41-34(43)32(36-29)35-27-12-14-42(15-13-27)16-17-45-4/h5-11,19,21-22,27,38H,2,12-18,20H2,1,3-4H3,(H,35,36). The van der Waals surface area contributed by atoms with Crippen LogP contribution in [-0.2, 0) is 11.3 Å². The summed E-state index contributed by atoms with van der Waals surface area (Å²) in [6, 6.07) is 17.2. The Bertz CT molecular complexity index is 1870. The zero-order valence-corrected chi connectivity index (χ0v) is 26.2. The number of hydrazone groups is 1. The average molecular weight is 605 g/mol. The molecule has 1 atom stereocenters. The summed E-state index contributed by atoms with van der Waals surface area (Å²) in [5.41, 5.74) is 10.7. The van der Waals surface area contributed by atoms with Gasteiger partial charge in [-0.15, -0.1) is 10.2 Å². The maximum absolute atomic E-state index is 5.28. The van der Waals surface area contributed by atoms with Crippen LogP contribution >= 0.6 is 0 Å². The van der Waals surface area contributed by atoms with E-state index in [1.165, 1.54) is 5.56 Å². The van der Waals surface area contributed by atoms with Gasteiger partial charge in [-0.2, -0.15) is 5.10 Å². The molecule has 1 unspecified atom stereocenters. The Morgan fingerprint density at radius 2 is 1.89 bits per heavy atom. The molecule has 11 nitrogen and oxygen atoms in total. The van der Waals surface area contributed by atoms with E-state index in [0.717, 1.165) is 102 Å². The summed E-state index contributed by atoms with van der Waals surface area (Å²) in [6.45, 7) is 12.6. The van der Waals surface area contributed by atoms with E-state index in [4.69, 9.17) is 14.7 Å². The van der Waals surface area contributed by atoms with Crippen LogP contribution in [0, 0.1) is 12.8 Å². The van der Waals surface area contributed by atoms with Crippen LogP contribution in [0.15, 0.2) is 72.1 Å². The SMILES string of the molecule is C=C1CC(C)C(c2ccc3c(c2)nc(-c2cn4c(C)nnc4c(NC4CCN(CCOC)CC4)n2)n3Cc2ccccc2)=NN1. The van der Waals surface area contributed by atoms with Crippen molar-refractivity contribution >= 4 is 28.2 Å². The average Bonchev–Trinajstić information content (AvgIpc) is 3.61. The van der Waals surface area contributed by atoms with Gasteiger partial charge in [-0.05, 0) is 43.9 Å². The summed E-state index contributed by atoms with van der Waals surface area (Å²) in [5.74, 6) is 2.60. The summed E-state index contributed by atoms with van der Waals surface area (Å²) >= 11 is 0. The highest BCUT2D eigenvalue weighted by atomic mass is 16.5. The van der Waals surface area contributed by atoms with Crippen molar-refractivity contribution in [2.24, 2.45) is 11.0 Å². The third kappa shape index (κ3) is 5.93. The number of rotatable bonds is 9. The lowest BCUT2D eigenvalue weighted by molar-refractivity contribution is 0.132. The maximum atomic E-state index is 5.28. The van der Waals surface area contributed by atoms with Crippen molar-refractivity contribution < 1.29 is 4.74 Å². The molecule has 2 aliphatic heterocycles. The van der Waals surface area contributed by atoms with Crippen LogP contribution in [0.2, 0.25) is 0 Å². The molecule has 2 aliphatic rings. The Morgan fingerprint density at radius 1 is 1.07 bits per heavy atom. The fourth-order valence-corrected chi connectivity index (χ4v) is 6.45. The Balaban J connectivity index is 1.29. The molecule has 0 saturated carbocycles. The Morgan fingerprint density at radius 3 is 2.67 bits per heavy atom. The van der Waals surface area contributed by atoms with E-state index in [9.17, 15) is 0 Å². The molecule has 7 rings (SSSR count). The lowest BCUT2D eigenvalue weighted by atomic mass is 9.93. The van der Waals surface area contributed by atoms with E-state index in [-0.39, 0.29) is 5.92 Å². The molecule has 2 aromatic carbocycles. The van der Waals surface area contributed by atoms with Gasteiger partial charge in [0.1, 0.15) is 11.5 Å². The minimum Gasteiger partial charge on any atom is -0.383 e. The number of aromatic nitrogens is 6. The second-order valence-corrected chi connectivity index (χ2v) is 12.2. The molecule has 232 valence electrons. The maximum Gasteiger partial charge on any atom is 0.203 e. The third-order valence-corrected chi connectivity index (χ3v) is 8.91. The predicted octanol–water partition coefficient (Wildman–Crippen LogP) is 4.87. The summed E-state index contributed by atoms with van der Waals surface area (Å²) < 4.78 is 9.56. The fourth-order valence-electron chi connectivity index (χ4n) is 6.45. The molecule has 3 aromatic heterocycles. The summed E-state index contributed by atoms with van der Waals surface area (Å²) in [4.78, 5) is 12.9. The first kappa shape index (κ1) is 29.1. The van der Waals surface area contributed by atoms with Crippen molar-refractivity contribution in [1.82, 2.24) is 39.5 Å². The van der Waals surface area contributed by atoms with Crippen LogP contribution in [0.4, 0.5) is 5.82 Å².